The lowest BCUT2D eigenvalue weighted by molar-refractivity contribution is 0.0697. The molecule has 0 heterocycles. The zero-order valence-electron chi connectivity index (χ0n) is 10.3. The third-order valence-electron chi connectivity index (χ3n) is 2.84. The van der Waals surface area contributed by atoms with Gasteiger partial charge in [-0.15, -0.1) is 0 Å². The molecule has 19 heavy (non-hydrogen) atoms. The maximum Gasteiger partial charge on any atom is 0.336 e. The molecule has 0 aliphatic carbocycles. The number of aromatic hydroxyl groups is 1. The lowest BCUT2D eigenvalue weighted by atomic mass is 9.98. The highest BCUT2D eigenvalue weighted by Gasteiger charge is 2.12. The molecule has 0 amide bonds. The van der Waals surface area contributed by atoms with Crippen LogP contribution >= 0.6 is 0 Å². The highest BCUT2D eigenvalue weighted by molar-refractivity contribution is 5.97. The smallest absolute Gasteiger partial charge is 0.336 e. The van der Waals surface area contributed by atoms with Crippen molar-refractivity contribution < 1.29 is 19.8 Å². The number of carboxylic acids is 1. The van der Waals surface area contributed by atoms with Crippen LogP contribution in [0.2, 0.25) is 0 Å². The fourth-order valence-corrected chi connectivity index (χ4v) is 1.84. The van der Waals surface area contributed by atoms with Crippen LogP contribution in [0.15, 0.2) is 42.5 Å². The van der Waals surface area contributed by atoms with E-state index in [0.29, 0.717) is 16.7 Å². The van der Waals surface area contributed by atoms with Crippen molar-refractivity contribution in [3.63, 3.8) is 0 Å². The topological polar surface area (TPSA) is 74.6 Å². The molecule has 0 aliphatic rings. The maximum absolute atomic E-state index is 11.2. The number of hydrogen-bond acceptors (Lipinski definition) is 3. The Kier molecular flexibility index (Phi) is 3.33. The highest BCUT2D eigenvalue weighted by Crippen LogP contribution is 2.28. The summed E-state index contributed by atoms with van der Waals surface area (Å²) in [5.41, 5.74) is 1.72. The summed E-state index contributed by atoms with van der Waals surface area (Å²) in [5.74, 6) is -1.12. The third kappa shape index (κ3) is 2.63. The Bertz CT molecular complexity index is 642. The number of aromatic carboxylic acids is 1. The molecule has 2 aromatic carbocycles. The van der Waals surface area contributed by atoms with Crippen LogP contribution in [-0.2, 0) is 0 Å². The minimum absolute atomic E-state index is 0.00403. The molecule has 0 aromatic heterocycles. The van der Waals surface area contributed by atoms with Gasteiger partial charge in [0.25, 0.3) is 0 Å². The number of rotatable bonds is 3. The van der Waals surface area contributed by atoms with Crippen molar-refractivity contribution in [3.8, 4) is 16.9 Å². The number of hydrogen-bond donors (Lipinski definition) is 2. The first-order valence-electron chi connectivity index (χ1n) is 5.66. The van der Waals surface area contributed by atoms with Gasteiger partial charge in [0.15, 0.2) is 5.78 Å². The van der Waals surface area contributed by atoms with E-state index in [-0.39, 0.29) is 17.1 Å². The van der Waals surface area contributed by atoms with Crippen LogP contribution in [0.1, 0.15) is 27.6 Å². The Morgan fingerprint density at radius 3 is 2.16 bits per heavy atom. The summed E-state index contributed by atoms with van der Waals surface area (Å²) in [4.78, 5) is 22.3. The molecular weight excluding hydrogens is 244 g/mol. The van der Waals surface area contributed by atoms with Crippen molar-refractivity contribution in [1.82, 2.24) is 0 Å². The standard InChI is InChI=1S/C15H12O4/c1-9(16)10-2-4-11(5-3-10)14-8-12(17)6-7-13(14)15(18)19/h2-8,17H,1H3,(H,18,19). The van der Waals surface area contributed by atoms with Crippen molar-refractivity contribution in [2.75, 3.05) is 0 Å². The Labute approximate surface area is 109 Å². The molecule has 0 unspecified atom stereocenters. The Balaban J connectivity index is 2.54. The first kappa shape index (κ1) is 12.8. The zero-order valence-corrected chi connectivity index (χ0v) is 10.3. The van der Waals surface area contributed by atoms with Crippen LogP contribution in [-0.4, -0.2) is 22.0 Å². The number of ketones is 1. The molecule has 2 aromatic rings. The number of phenols is 1. The molecule has 0 saturated carbocycles. The van der Waals surface area contributed by atoms with Gasteiger partial charge >= 0.3 is 5.97 Å². The molecule has 0 fully saturated rings. The molecule has 0 radical (unpaired) electrons. The van der Waals surface area contributed by atoms with E-state index in [1.54, 1.807) is 24.3 Å². The van der Waals surface area contributed by atoms with Gasteiger partial charge in [-0.25, -0.2) is 4.79 Å². The van der Waals surface area contributed by atoms with Crippen molar-refractivity contribution in [2.24, 2.45) is 0 Å². The summed E-state index contributed by atoms with van der Waals surface area (Å²) in [6.07, 6.45) is 0. The lowest BCUT2D eigenvalue weighted by Gasteiger charge is -2.07. The molecular formula is C15H12O4. The number of phenolic OH excluding ortho intramolecular Hbond substituents is 1. The van der Waals surface area contributed by atoms with Crippen LogP contribution in [0, 0.1) is 0 Å². The molecule has 0 aliphatic heterocycles. The molecule has 0 saturated heterocycles. The Morgan fingerprint density at radius 2 is 1.63 bits per heavy atom. The summed E-state index contributed by atoms with van der Waals surface area (Å²) in [6, 6.07) is 10.7. The number of Topliss-reactive ketones (excluding diaryl/α,β-unsaturated/α-hetero) is 1. The molecule has 0 bridgehead atoms. The Hall–Kier alpha value is -2.62. The molecule has 2 rings (SSSR count). The van der Waals surface area contributed by atoms with Crippen molar-refractivity contribution >= 4 is 11.8 Å². The van der Waals surface area contributed by atoms with Gasteiger partial charge in [0.1, 0.15) is 5.75 Å². The minimum Gasteiger partial charge on any atom is -0.508 e. The summed E-state index contributed by atoms with van der Waals surface area (Å²) in [7, 11) is 0. The summed E-state index contributed by atoms with van der Waals surface area (Å²) in [5, 5.41) is 18.6. The summed E-state index contributed by atoms with van der Waals surface area (Å²) in [6.45, 7) is 1.46. The van der Waals surface area contributed by atoms with Crippen LogP contribution in [0.25, 0.3) is 11.1 Å². The Morgan fingerprint density at radius 1 is 1.00 bits per heavy atom. The second kappa shape index (κ2) is 4.94. The number of carboxylic acid groups (broad SMARTS) is 1. The third-order valence-corrected chi connectivity index (χ3v) is 2.84. The van der Waals surface area contributed by atoms with E-state index in [2.05, 4.69) is 0 Å². The fourth-order valence-electron chi connectivity index (χ4n) is 1.84. The first-order valence-corrected chi connectivity index (χ1v) is 5.66. The van der Waals surface area contributed by atoms with Gasteiger partial charge in [0, 0.05) is 5.56 Å². The molecule has 4 heteroatoms. The van der Waals surface area contributed by atoms with E-state index < -0.39 is 5.97 Å². The van der Waals surface area contributed by atoms with Gasteiger partial charge < -0.3 is 10.2 Å². The van der Waals surface area contributed by atoms with E-state index >= 15 is 0 Å². The first-order chi connectivity index (χ1) is 8.99. The highest BCUT2D eigenvalue weighted by atomic mass is 16.4. The van der Waals surface area contributed by atoms with Gasteiger partial charge in [0.2, 0.25) is 0 Å². The van der Waals surface area contributed by atoms with Crippen molar-refractivity contribution in [3.05, 3.63) is 53.6 Å². The molecule has 96 valence electrons. The van der Waals surface area contributed by atoms with Crippen LogP contribution in [0.4, 0.5) is 0 Å². The van der Waals surface area contributed by atoms with Gasteiger partial charge in [0.05, 0.1) is 5.56 Å². The summed E-state index contributed by atoms with van der Waals surface area (Å²) < 4.78 is 0. The average molecular weight is 256 g/mol. The number of benzene rings is 2. The maximum atomic E-state index is 11.2. The quantitative estimate of drug-likeness (QED) is 0.828. The zero-order chi connectivity index (χ0) is 14.0. The molecule has 4 nitrogen and oxygen atoms in total. The molecule has 0 spiro atoms. The largest absolute Gasteiger partial charge is 0.508 e. The molecule has 2 N–H and O–H groups in total. The van der Waals surface area contributed by atoms with E-state index in [0.717, 1.165) is 0 Å². The normalized spacial score (nSPS) is 10.2. The minimum atomic E-state index is -1.06. The van der Waals surface area contributed by atoms with E-state index in [1.165, 1.54) is 25.1 Å². The second-order valence-corrected chi connectivity index (χ2v) is 4.17. The van der Waals surface area contributed by atoms with Crippen LogP contribution in [0.5, 0.6) is 5.75 Å². The van der Waals surface area contributed by atoms with Crippen LogP contribution in [0.3, 0.4) is 0 Å². The monoisotopic (exact) mass is 256 g/mol. The van der Waals surface area contributed by atoms with E-state index in [4.69, 9.17) is 5.11 Å². The second-order valence-electron chi connectivity index (χ2n) is 4.17. The molecule has 0 atom stereocenters. The SMILES string of the molecule is CC(=O)c1ccc(-c2cc(O)ccc2C(=O)O)cc1. The average Bonchev–Trinajstić information content (AvgIpc) is 2.38. The number of carbonyl (C=O) groups is 2. The van der Waals surface area contributed by atoms with Gasteiger partial charge in [-0.1, -0.05) is 24.3 Å². The fraction of sp³-hybridized carbons (Fsp3) is 0.0667. The lowest BCUT2D eigenvalue weighted by Crippen LogP contribution is -1.99. The summed E-state index contributed by atoms with van der Waals surface area (Å²) >= 11 is 0. The predicted molar refractivity (Wildman–Crippen MR) is 70.5 cm³/mol. The van der Waals surface area contributed by atoms with E-state index in [1.807, 2.05) is 0 Å². The van der Waals surface area contributed by atoms with Crippen molar-refractivity contribution in [2.45, 2.75) is 6.92 Å². The van der Waals surface area contributed by atoms with Gasteiger partial charge in [-0.05, 0) is 36.2 Å². The predicted octanol–water partition coefficient (Wildman–Crippen LogP) is 2.96. The van der Waals surface area contributed by atoms with Gasteiger partial charge in [-0.2, -0.15) is 0 Å². The number of carbonyl (C=O) groups excluding carboxylic acids is 1. The van der Waals surface area contributed by atoms with E-state index in [9.17, 15) is 14.7 Å². The van der Waals surface area contributed by atoms with Gasteiger partial charge in [-0.3, -0.25) is 4.79 Å². The van der Waals surface area contributed by atoms with Crippen molar-refractivity contribution in [1.29, 1.82) is 0 Å². The van der Waals surface area contributed by atoms with Crippen LogP contribution < -0.4 is 0 Å².